The minimum absolute atomic E-state index is 0.186. The van der Waals surface area contributed by atoms with E-state index in [-0.39, 0.29) is 11.8 Å². The van der Waals surface area contributed by atoms with Crippen LogP contribution in [0, 0.1) is 12.7 Å². The third-order valence-electron chi connectivity index (χ3n) is 2.86. The van der Waals surface area contributed by atoms with Gasteiger partial charge in [-0.1, -0.05) is 12.1 Å². The van der Waals surface area contributed by atoms with Crippen molar-refractivity contribution in [2.45, 2.75) is 26.4 Å². The fourth-order valence-electron chi connectivity index (χ4n) is 1.75. The molecule has 4 heteroatoms. The number of para-hydroxylation sites is 1. The molecule has 1 unspecified atom stereocenters. The van der Waals surface area contributed by atoms with Crippen molar-refractivity contribution in [1.82, 2.24) is 5.32 Å². The summed E-state index contributed by atoms with van der Waals surface area (Å²) in [5.41, 5.74) is 0.579. The van der Waals surface area contributed by atoms with Gasteiger partial charge < -0.3 is 10.4 Å². The molecule has 18 heavy (non-hydrogen) atoms. The van der Waals surface area contributed by atoms with Crippen molar-refractivity contribution in [2.75, 3.05) is 0 Å². The van der Waals surface area contributed by atoms with Gasteiger partial charge in [0.05, 0.1) is 0 Å². The van der Waals surface area contributed by atoms with Gasteiger partial charge in [0.2, 0.25) is 0 Å². The molecule has 0 aliphatic heterocycles. The van der Waals surface area contributed by atoms with Crippen LogP contribution in [0.1, 0.15) is 28.3 Å². The molecule has 2 N–H and O–H groups in total. The van der Waals surface area contributed by atoms with Crippen LogP contribution in [-0.4, -0.2) is 5.11 Å². The lowest BCUT2D eigenvalue weighted by Crippen LogP contribution is -2.17. The third-order valence-corrected chi connectivity index (χ3v) is 4.04. The SMILES string of the molecule is Cc1ccc(C(C)NCc2cccc(F)c2O)s1. The van der Waals surface area contributed by atoms with Crippen LogP contribution >= 0.6 is 11.3 Å². The molecule has 0 aliphatic carbocycles. The Bertz CT molecular complexity index is 538. The van der Waals surface area contributed by atoms with E-state index in [4.69, 9.17) is 0 Å². The van der Waals surface area contributed by atoms with E-state index >= 15 is 0 Å². The van der Waals surface area contributed by atoms with E-state index < -0.39 is 5.82 Å². The summed E-state index contributed by atoms with van der Waals surface area (Å²) in [7, 11) is 0. The number of rotatable bonds is 4. The molecule has 1 aromatic heterocycles. The molecule has 0 amide bonds. The van der Waals surface area contributed by atoms with Gasteiger partial charge in [0.25, 0.3) is 0 Å². The molecule has 0 saturated heterocycles. The maximum absolute atomic E-state index is 13.2. The molecule has 1 aromatic carbocycles. The van der Waals surface area contributed by atoms with Crippen molar-refractivity contribution in [3.8, 4) is 5.75 Å². The Balaban J connectivity index is 2.01. The number of hydrogen-bond acceptors (Lipinski definition) is 3. The number of phenols is 1. The maximum atomic E-state index is 13.2. The summed E-state index contributed by atoms with van der Waals surface area (Å²) >= 11 is 1.74. The normalized spacial score (nSPS) is 12.6. The topological polar surface area (TPSA) is 32.3 Å². The van der Waals surface area contributed by atoms with Gasteiger partial charge >= 0.3 is 0 Å². The Morgan fingerprint density at radius 1 is 1.33 bits per heavy atom. The van der Waals surface area contributed by atoms with Crippen molar-refractivity contribution in [3.05, 3.63) is 51.5 Å². The third kappa shape index (κ3) is 2.89. The van der Waals surface area contributed by atoms with Gasteiger partial charge in [-0.2, -0.15) is 0 Å². The number of thiophene rings is 1. The molecule has 2 rings (SSSR count). The second-order valence-corrected chi connectivity index (χ2v) is 5.62. The van der Waals surface area contributed by atoms with Crippen molar-refractivity contribution in [3.63, 3.8) is 0 Å². The summed E-state index contributed by atoms with van der Waals surface area (Å²) in [5.74, 6) is -0.839. The summed E-state index contributed by atoms with van der Waals surface area (Å²) in [4.78, 5) is 2.51. The van der Waals surface area contributed by atoms with Crippen molar-refractivity contribution in [2.24, 2.45) is 0 Å². The highest BCUT2D eigenvalue weighted by molar-refractivity contribution is 7.12. The first-order chi connectivity index (χ1) is 8.58. The van der Waals surface area contributed by atoms with Gasteiger partial charge in [-0.15, -0.1) is 11.3 Å². The average Bonchev–Trinajstić information content (AvgIpc) is 2.77. The van der Waals surface area contributed by atoms with Crippen LogP contribution in [-0.2, 0) is 6.54 Å². The largest absolute Gasteiger partial charge is 0.505 e. The molecule has 0 bridgehead atoms. The van der Waals surface area contributed by atoms with Crippen molar-refractivity contribution in [1.29, 1.82) is 0 Å². The standard InChI is InChI=1S/C14H16FNOS/c1-9-6-7-13(18-9)10(2)16-8-11-4-3-5-12(15)14(11)17/h3-7,10,16-17H,8H2,1-2H3. The quantitative estimate of drug-likeness (QED) is 0.882. The van der Waals surface area contributed by atoms with Gasteiger partial charge in [-0.3, -0.25) is 0 Å². The zero-order valence-corrected chi connectivity index (χ0v) is 11.2. The van der Waals surface area contributed by atoms with Crippen molar-refractivity contribution < 1.29 is 9.50 Å². The lowest BCUT2D eigenvalue weighted by molar-refractivity contribution is 0.421. The van der Waals surface area contributed by atoms with E-state index in [9.17, 15) is 9.50 Å². The summed E-state index contributed by atoms with van der Waals surface area (Å²) < 4.78 is 13.2. The van der Waals surface area contributed by atoms with E-state index in [0.29, 0.717) is 12.1 Å². The van der Waals surface area contributed by atoms with Crippen LogP contribution < -0.4 is 5.32 Å². The van der Waals surface area contributed by atoms with Crippen LogP contribution in [0.5, 0.6) is 5.75 Å². The summed E-state index contributed by atoms with van der Waals surface area (Å²) in [6.45, 7) is 4.57. The smallest absolute Gasteiger partial charge is 0.165 e. The monoisotopic (exact) mass is 265 g/mol. The molecular formula is C14H16FNOS. The molecule has 2 nitrogen and oxygen atoms in total. The summed E-state index contributed by atoms with van der Waals surface area (Å²) in [6, 6.07) is 8.93. The molecule has 0 fully saturated rings. The molecule has 0 saturated carbocycles. The van der Waals surface area contributed by atoms with Crippen LogP contribution in [0.3, 0.4) is 0 Å². The Hall–Kier alpha value is -1.39. The zero-order valence-electron chi connectivity index (χ0n) is 10.4. The minimum atomic E-state index is -0.575. The highest BCUT2D eigenvalue weighted by Crippen LogP contribution is 2.24. The fourth-order valence-corrected chi connectivity index (χ4v) is 2.66. The predicted molar refractivity (Wildman–Crippen MR) is 72.4 cm³/mol. The Labute approximate surface area is 110 Å². The summed E-state index contributed by atoms with van der Waals surface area (Å²) in [5, 5.41) is 12.9. The number of benzene rings is 1. The van der Waals surface area contributed by atoms with Gasteiger partial charge in [-0.25, -0.2) is 4.39 Å². The Morgan fingerprint density at radius 3 is 2.78 bits per heavy atom. The van der Waals surface area contributed by atoms with Crippen LogP contribution in [0.15, 0.2) is 30.3 Å². The molecule has 2 aromatic rings. The number of hydrogen-bond donors (Lipinski definition) is 2. The lowest BCUT2D eigenvalue weighted by atomic mass is 10.1. The highest BCUT2D eigenvalue weighted by Gasteiger charge is 2.10. The lowest BCUT2D eigenvalue weighted by Gasteiger charge is -2.13. The fraction of sp³-hybridized carbons (Fsp3) is 0.286. The van der Waals surface area contributed by atoms with Crippen LogP contribution in [0.4, 0.5) is 4.39 Å². The molecule has 1 heterocycles. The summed E-state index contributed by atoms with van der Waals surface area (Å²) in [6.07, 6.45) is 0. The number of nitrogens with one attached hydrogen (secondary N) is 1. The van der Waals surface area contributed by atoms with Crippen molar-refractivity contribution >= 4 is 11.3 Å². The van der Waals surface area contributed by atoms with E-state index in [1.165, 1.54) is 15.8 Å². The molecule has 1 atom stereocenters. The Kier molecular flexibility index (Phi) is 3.99. The first kappa shape index (κ1) is 13.1. The van der Waals surface area contributed by atoms with Gasteiger partial charge in [0.15, 0.2) is 11.6 Å². The van der Waals surface area contributed by atoms with Gasteiger partial charge in [-0.05, 0) is 32.0 Å². The second kappa shape index (κ2) is 5.50. The predicted octanol–water partition coefficient (Wildman–Crippen LogP) is 3.75. The Morgan fingerprint density at radius 2 is 2.11 bits per heavy atom. The van der Waals surface area contributed by atoms with E-state index in [1.807, 2.05) is 0 Å². The van der Waals surface area contributed by atoms with Gasteiger partial charge in [0.1, 0.15) is 0 Å². The number of aromatic hydroxyl groups is 1. The average molecular weight is 265 g/mol. The molecule has 0 radical (unpaired) electrons. The van der Waals surface area contributed by atoms with Crippen LogP contribution in [0.25, 0.3) is 0 Å². The number of phenolic OH excluding ortho intramolecular Hbond substituents is 1. The van der Waals surface area contributed by atoms with Crippen LogP contribution in [0.2, 0.25) is 0 Å². The van der Waals surface area contributed by atoms with E-state index in [1.54, 1.807) is 23.5 Å². The molecule has 96 valence electrons. The number of halogens is 1. The minimum Gasteiger partial charge on any atom is -0.505 e. The van der Waals surface area contributed by atoms with E-state index in [2.05, 4.69) is 31.3 Å². The van der Waals surface area contributed by atoms with Gasteiger partial charge in [0, 0.05) is 27.9 Å². The molecule has 0 spiro atoms. The first-order valence-electron chi connectivity index (χ1n) is 5.84. The zero-order chi connectivity index (χ0) is 13.1. The number of aryl methyl sites for hydroxylation is 1. The first-order valence-corrected chi connectivity index (χ1v) is 6.65. The maximum Gasteiger partial charge on any atom is 0.165 e. The molecule has 0 aliphatic rings. The second-order valence-electron chi connectivity index (χ2n) is 4.30. The highest BCUT2D eigenvalue weighted by atomic mass is 32.1. The molecular weight excluding hydrogens is 249 g/mol. The van der Waals surface area contributed by atoms with E-state index in [0.717, 1.165) is 0 Å².